The second-order valence-electron chi connectivity index (χ2n) is 9.29. The van der Waals surface area contributed by atoms with Crippen LogP contribution in [0.25, 0.3) is 27.8 Å². The lowest BCUT2D eigenvalue weighted by Crippen LogP contribution is -2.56. The molecule has 0 saturated carbocycles. The lowest BCUT2D eigenvalue weighted by atomic mass is 9.96. The van der Waals surface area contributed by atoms with Crippen molar-refractivity contribution >= 4 is 22.4 Å². The number of nitrogens with zero attached hydrogens (tertiary/aromatic N) is 6. The van der Waals surface area contributed by atoms with Gasteiger partial charge >= 0.3 is 0 Å². The molecular weight excluding hydrogens is 437 g/mol. The third kappa shape index (κ3) is 3.32. The molecule has 6 heterocycles. The molecule has 4 aromatic rings. The normalized spacial score (nSPS) is 17.7. The van der Waals surface area contributed by atoms with Gasteiger partial charge in [-0.25, -0.2) is 18.9 Å². The number of hydrogen-bond donors (Lipinski definition) is 1. The summed E-state index contributed by atoms with van der Waals surface area (Å²) in [5.74, 6) is 0.852. The van der Waals surface area contributed by atoms with Gasteiger partial charge in [0.2, 0.25) is 0 Å². The highest BCUT2D eigenvalue weighted by atomic mass is 19.1. The number of piperazine rings is 1. The van der Waals surface area contributed by atoms with Crippen molar-refractivity contribution in [3.8, 4) is 17.0 Å². The van der Waals surface area contributed by atoms with Crippen LogP contribution >= 0.6 is 0 Å². The maximum absolute atomic E-state index is 16.1. The van der Waals surface area contributed by atoms with Crippen LogP contribution in [-0.2, 0) is 4.74 Å². The quantitative estimate of drug-likeness (QED) is 0.485. The third-order valence-corrected chi connectivity index (χ3v) is 6.98. The van der Waals surface area contributed by atoms with Crippen LogP contribution in [0.4, 0.5) is 10.2 Å². The molecule has 0 aliphatic carbocycles. The summed E-state index contributed by atoms with van der Waals surface area (Å²) in [6.45, 7) is 9.04. The van der Waals surface area contributed by atoms with Gasteiger partial charge < -0.3 is 19.4 Å². The van der Waals surface area contributed by atoms with Crippen LogP contribution in [0.15, 0.2) is 24.8 Å². The molecule has 0 atom stereocenters. The lowest BCUT2D eigenvalue weighted by molar-refractivity contribution is -0.0661. The van der Waals surface area contributed by atoms with Crippen molar-refractivity contribution in [2.45, 2.75) is 25.8 Å². The standard InChI is InChI=1S/C24H28FN7O2/c1-14(2)19-20-17(29-22(19)15-8-18(33-3)23-27-13-28-32(23)10-15)9-26-24(21(20)25)31-6-4-30(5-7-31)16-11-34-12-16/h8-10,13-14,16,29H,4-7,11-12H2,1-3H3. The van der Waals surface area contributed by atoms with Crippen LogP contribution in [0.5, 0.6) is 5.75 Å². The van der Waals surface area contributed by atoms with Crippen molar-refractivity contribution < 1.29 is 13.9 Å². The topological polar surface area (TPSA) is 83.8 Å². The zero-order chi connectivity index (χ0) is 23.4. The number of aromatic nitrogens is 5. The minimum absolute atomic E-state index is 0.0846. The summed E-state index contributed by atoms with van der Waals surface area (Å²) in [7, 11) is 1.61. The number of H-pyrrole nitrogens is 1. The number of nitrogens with one attached hydrogen (secondary N) is 1. The van der Waals surface area contributed by atoms with Crippen molar-refractivity contribution in [2.24, 2.45) is 0 Å². The van der Waals surface area contributed by atoms with Gasteiger partial charge in [-0.2, -0.15) is 5.10 Å². The monoisotopic (exact) mass is 465 g/mol. The molecule has 0 bridgehead atoms. The van der Waals surface area contributed by atoms with Gasteiger partial charge in [0.25, 0.3) is 0 Å². The van der Waals surface area contributed by atoms with Crippen LogP contribution in [0, 0.1) is 5.82 Å². The van der Waals surface area contributed by atoms with Gasteiger partial charge in [-0.3, -0.25) is 4.90 Å². The van der Waals surface area contributed by atoms with E-state index in [1.807, 2.05) is 12.3 Å². The number of methoxy groups -OCH3 is 1. The Hall–Kier alpha value is -3.24. The zero-order valence-corrected chi connectivity index (χ0v) is 19.6. The van der Waals surface area contributed by atoms with Crippen LogP contribution in [0.2, 0.25) is 0 Å². The predicted molar refractivity (Wildman–Crippen MR) is 127 cm³/mol. The number of halogens is 1. The highest BCUT2D eigenvalue weighted by molar-refractivity contribution is 5.93. The molecule has 0 spiro atoms. The fourth-order valence-electron chi connectivity index (χ4n) is 5.10. The molecule has 34 heavy (non-hydrogen) atoms. The van der Waals surface area contributed by atoms with Gasteiger partial charge in [0.15, 0.2) is 23.0 Å². The van der Waals surface area contributed by atoms with Crippen LogP contribution in [0.1, 0.15) is 25.3 Å². The summed E-state index contributed by atoms with van der Waals surface area (Å²) >= 11 is 0. The van der Waals surface area contributed by atoms with Gasteiger partial charge in [0.1, 0.15) is 6.33 Å². The number of ether oxygens (including phenoxy) is 2. The van der Waals surface area contributed by atoms with Crippen LogP contribution < -0.4 is 9.64 Å². The zero-order valence-electron chi connectivity index (χ0n) is 19.6. The number of hydrogen-bond acceptors (Lipinski definition) is 7. The second-order valence-corrected chi connectivity index (χ2v) is 9.29. The van der Waals surface area contributed by atoms with E-state index < -0.39 is 0 Å². The highest BCUT2D eigenvalue weighted by Gasteiger charge is 2.31. The first-order valence-electron chi connectivity index (χ1n) is 11.7. The van der Waals surface area contributed by atoms with Gasteiger partial charge in [-0.05, 0) is 17.5 Å². The Morgan fingerprint density at radius 2 is 1.97 bits per heavy atom. The number of rotatable bonds is 5. The largest absolute Gasteiger partial charge is 0.493 e. The van der Waals surface area contributed by atoms with E-state index >= 15 is 4.39 Å². The number of pyridine rings is 2. The first-order chi connectivity index (χ1) is 16.5. The van der Waals surface area contributed by atoms with Crippen molar-refractivity contribution in [3.63, 3.8) is 0 Å². The van der Waals surface area contributed by atoms with E-state index in [1.54, 1.807) is 17.8 Å². The maximum atomic E-state index is 16.1. The maximum Gasteiger partial charge on any atom is 0.197 e. The van der Waals surface area contributed by atoms with Crippen molar-refractivity contribution in [2.75, 3.05) is 51.4 Å². The SMILES string of the molecule is COc1cc(-c2[nH]c3cnc(N4CCN(C5COC5)CC4)c(F)c3c2C(C)C)cn2ncnc12. The third-order valence-electron chi connectivity index (χ3n) is 6.98. The molecule has 4 aromatic heterocycles. The summed E-state index contributed by atoms with van der Waals surface area (Å²) in [5, 5.41) is 4.87. The summed E-state index contributed by atoms with van der Waals surface area (Å²) < 4.78 is 28.6. The lowest BCUT2D eigenvalue weighted by Gasteiger charge is -2.42. The number of aromatic amines is 1. The van der Waals surface area contributed by atoms with Gasteiger partial charge in [-0.15, -0.1) is 0 Å². The fraction of sp³-hybridized carbons (Fsp3) is 0.458. The van der Waals surface area contributed by atoms with E-state index in [-0.39, 0.29) is 11.7 Å². The molecule has 178 valence electrons. The summed E-state index contributed by atoms with van der Waals surface area (Å²) in [5.41, 5.74) is 3.93. The molecule has 0 radical (unpaired) electrons. The molecule has 2 aliphatic rings. The second kappa shape index (κ2) is 8.21. The molecule has 0 unspecified atom stereocenters. The Morgan fingerprint density at radius 3 is 2.65 bits per heavy atom. The van der Waals surface area contributed by atoms with Gasteiger partial charge in [-0.1, -0.05) is 13.8 Å². The molecule has 2 fully saturated rings. The van der Waals surface area contributed by atoms with E-state index in [2.05, 4.69) is 43.7 Å². The van der Waals surface area contributed by atoms with E-state index in [4.69, 9.17) is 9.47 Å². The Bertz CT molecular complexity index is 1350. The van der Waals surface area contributed by atoms with E-state index in [0.717, 1.165) is 56.2 Å². The number of anilines is 1. The summed E-state index contributed by atoms with van der Waals surface area (Å²) in [4.78, 5) is 16.7. The van der Waals surface area contributed by atoms with Crippen LogP contribution in [0.3, 0.4) is 0 Å². The number of fused-ring (bicyclic) bond motifs is 2. The van der Waals surface area contributed by atoms with Crippen molar-refractivity contribution in [1.29, 1.82) is 0 Å². The molecular formula is C24H28FN7O2. The highest BCUT2D eigenvalue weighted by Crippen LogP contribution is 2.39. The smallest absolute Gasteiger partial charge is 0.197 e. The summed E-state index contributed by atoms with van der Waals surface area (Å²) in [6, 6.07) is 2.41. The predicted octanol–water partition coefficient (Wildman–Crippen LogP) is 3.06. The molecule has 10 heteroatoms. The van der Waals surface area contributed by atoms with Crippen molar-refractivity contribution in [3.05, 3.63) is 36.2 Å². The molecule has 9 nitrogen and oxygen atoms in total. The molecule has 6 rings (SSSR count). The average Bonchev–Trinajstić information content (AvgIpc) is 3.43. The van der Waals surface area contributed by atoms with E-state index in [1.165, 1.54) is 6.33 Å². The molecule has 0 amide bonds. The van der Waals surface area contributed by atoms with E-state index in [9.17, 15) is 0 Å². The fourth-order valence-corrected chi connectivity index (χ4v) is 5.10. The minimum Gasteiger partial charge on any atom is -0.493 e. The summed E-state index contributed by atoms with van der Waals surface area (Å²) in [6.07, 6.45) is 5.13. The molecule has 0 aromatic carbocycles. The molecule has 2 saturated heterocycles. The Labute approximate surface area is 196 Å². The Kier molecular flexibility index (Phi) is 5.14. The Morgan fingerprint density at radius 1 is 1.18 bits per heavy atom. The van der Waals surface area contributed by atoms with Crippen LogP contribution in [-0.4, -0.2) is 82.0 Å². The molecule has 1 N–H and O–H groups in total. The van der Waals surface area contributed by atoms with Gasteiger partial charge in [0, 0.05) is 43.3 Å². The first-order valence-corrected chi connectivity index (χ1v) is 11.7. The molecule has 2 aliphatic heterocycles. The average molecular weight is 466 g/mol. The first kappa shape index (κ1) is 21.3. The van der Waals surface area contributed by atoms with Crippen molar-refractivity contribution in [1.82, 2.24) is 29.5 Å². The van der Waals surface area contributed by atoms with Gasteiger partial charge in [0.05, 0.1) is 43.8 Å². The minimum atomic E-state index is -0.266. The van der Waals surface area contributed by atoms with E-state index in [0.29, 0.717) is 34.2 Å². The Balaban J connectivity index is 1.42.